The summed E-state index contributed by atoms with van der Waals surface area (Å²) in [5.41, 5.74) is 11.3. The minimum atomic E-state index is -0.921. The van der Waals surface area contributed by atoms with Gasteiger partial charge in [0.1, 0.15) is 0 Å². The predicted molar refractivity (Wildman–Crippen MR) is 78.6 cm³/mol. The van der Waals surface area contributed by atoms with Crippen molar-refractivity contribution in [3.05, 3.63) is 22.7 Å². The van der Waals surface area contributed by atoms with Crippen LogP contribution in [0.15, 0.2) is 12.1 Å². The number of likely N-dealkylation sites (N-methyl/N-ethyl adjacent to an activating group) is 1. The van der Waals surface area contributed by atoms with Crippen molar-refractivity contribution < 1.29 is 9.90 Å². The minimum absolute atomic E-state index is 0.260. The monoisotopic (exact) mass is 285 g/mol. The number of anilines is 2. The lowest BCUT2D eigenvalue weighted by Gasteiger charge is -2.31. The molecule has 106 valence electrons. The van der Waals surface area contributed by atoms with Crippen molar-refractivity contribution >= 4 is 28.9 Å². The number of carbonyl (C=O) groups excluding carboxylic acids is 1. The average molecular weight is 286 g/mol. The summed E-state index contributed by atoms with van der Waals surface area (Å²) >= 11 is 6.17. The number of halogens is 1. The molecule has 0 aliphatic heterocycles. The van der Waals surface area contributed by atoms with Crippen molar-refractivity contribution in [3.8, 4) is 0 Å². The zero-order valence-electron chi connectivity index (χ0n) is 11.4. The minimum Gasteiger partial charge on any atom is -0.399 e. The molecule has 5 nitrogen and oxygen atoms in total. The SMILES string of the molecule is CCN(CC(C)(C)O)c1c(Cl)cc(N)cc1C(N)=O. The van der Waals surface area contributed by atoms with Crippen LogP contribution in [0.1, 0.15) is 31.1 Å². The number of hydrogen-bond donors (Lipinski definition) is 3. The first kappa shape index (κ1) is 15.6. The Bertz CT molecular complexity index is 484. The summed E-state index contributed by atoms with van der Waals surface area (Å²) < 4.78 is 0. The first-order valence-corrected chi connectivity index (χ1v) is 6.39. The summed E-state index contributed by atoms with van der Waals surface area (Å²) in [5, 5.41) is 10.3. The largest absolute Gasteiger partial charge is 0.399 e. The number of nitrogens with two attached hydrogens (primary N) is 2. The Morgan fingerprint density at radius 3 is 2.47 bits per heavy atom. The highest BCUT2D eigenvalue weighted by atomic mass is 35.5. The van der Waals surface area contributed by atoms with Crippen molar-refractivity contribution in [2.45, 2.75) is 26.4 Å². The van der Waals surface area contributed by atoms with Crippen LogP contribution in [0.5, 0.6) is 0 Å². The molecule has 6 heteroatoms. The first-order valence-electron chi connectivity index (χ1n) is 6.02. The number of aliphatic hydroxyl groups is 1. The van der Waals surface area contributed by atoms with Crippen LogP contribution in [0, 0.1) is 0 Å². The van der Waals surface area contributed by atoms with E-state index in [4.69, 9.17) is 23.1 Å². The van der Waals surface area contributed by atoms with Gasteiger partial charge in [0.25, 0.3) is 5.91 Å². The van der Waals surface area contributed by atoms with Gasteiger partial charge in [-0.05, 0) is 32.9 Å². The number of nitrogens with zero attached hydrogens (tertiary/aromatic N) is 1. The molecule has 0 atom stereocenters. The van der Waals surface area contributed by atoms with Crippen LogP contribution < -0.4 is 16.4 Å². The number of nitrogen functional groups attached to an aromatic ring is 1. The highest BCUT2D eigenvalue weighted by Gasteiger charge is 2.23. The number of rotatable bonds is 5. The van der Waals surface area contributed by atoms with Gasteiger partial charge < -0.3 is 21.5 Å². The standard InChI is InChI=1S/C13H20ClN3O2/c1-4-17(7-13(2,3)19)11-9(12(16)18)5-8(15)6-10(11)14/h5-6,19H,4,7,15H2,1-3H3,(H2,16,18). The lowest BCUT2D eigenvalue weighted by molar-refractivity contribution is 0.0872. The predicted octanol–water partition coefficient (Wildman–Crippen LogP) is 1.62. The van der Waals surface area contributed by atoms with Gasteiger partial charge in [-0.2, -0.15) is 0 Å². The lowest BCUT2D eigenvalue weighted by Crippen LogP contribution is -2.39. The van der Waals surface area contributed by atoms with Crippen LogP contribution >= 0.6 is 11.6 Å². The Kier molecular flexibility index (Phi) is 4.66. The Labute approximate surface area is 118 Å². The Hall–Kier alpha value is -1.46. The normalized spacial score (nSPS) is 11.4. The molecular weight excluding hydrogens is 266 g/mol. The van der Waals surface area contributed by atoms with E-state index in [9.17, 15) is 9.90 Å². The van der Waals surface area contributed by atoms with E-state index in [1.165, 1.54) is 6.07 Å². The molecule has 0 bridgehead atoms. The van der Waals surface area contributed by atoms with Gasteiger partial charge in [0, 0.05) is 18.8 Å². The molecule has 1 rings (SSSR count). The zero-order chi connectivity index (χ0) is 14.8. The number of benzene rings is 1. The molecule has 1 aromatic carbocycles. The van der Waals surface area contributed by atoms with E-state index in [2.05, 4.69) is 0 Å². The third-order valence-corrected chi connectivity index (χ3v) is 2.92. The fraction of sp³-hybridized carbons (Fsp3) is 0.462. The third kappa shape index (κ3) is 4.01. The quantitative estimate of drug-likeness (QED) is 0.717. The maximum atomic E-state index is 11.5. The molecule has 1 aromatic rings. The van der Waals surface area contributed by atoms with Gasteiger partial charge in [-0.3, -0.25) is 4.79 Å². The van der Waals surface area contributed by atoms with Gasteiger partial charge in [0.2, 0.25) is 0 Å². The van der Waals surface area contributed by atoms with Crippen molar-refractivity contribution in [2.24, 2.45) is 5.73 Å². The Morgan fingerprint density at radius 1 is 1.47 bits per heavy atom. The summed E-state index contributed by atoms with van der Waals surface area (Å²) in [5.74, 6) is -0.599. The van der Waals surface area contributed by atoms with Crippen LogP contribution in [0.2, 0.25) is 5.02 Å². The summed E-state index contributed by atoms with van der Waals surface area (Å²) in [7, 11) is 0. The van der Waals surface area contributed by atoms with E-state index in [0.29, 0.717) is 29.5 Å². The number of hydrogen-bond acceptors (Lipinski definition) is 4. The molecule has 0 radical (unpaired) electrons. The second kappa shape index (κ2) is 5.67. The summed E-state index contributed by atoms with van der Waals surface area (Å²) in [6.45, 7) is 6.18. The van der Waals surface area contributed by atoms with Crippen molar-refractivity contribution in [3.63, 3.8) is 0 Å². The summed E-state index contributed by atoms with van der Waals surface area (Å²) in [6, 6.07) is 3.06. The van der Waals surface area contributed by atoms with Crippen molar-refractivity contribution in [2.75, 3.05) is 23.7 Å². The second-order valence-corrected chi connectivity index (χ2v) is 5.50. The van der Waals surface area contributed by atoms with Crippen LogP contribution in [-0.4, -0.2) is 29.7 Å². The van der Waals surface area contributed by atoms with Crippen LogP contribution in [-0.2, 0) is 0 Å². The van der Waals surface area contributed by atoms with Crippen LogP contribution in [0.25, 0.3) is 0 Å². The summed E-state index contributed by atoms with van der Waals surface area (Å²) in [6.07, 6.45) is 0. The van der Waals surface area contributed by atoms with Crippen molar-refractivity contribution in [1.29, 1.82) is 0 Å². The van der Waals surface area contributed by atoms with E-state index < -0.39 is 11.5 Å². The Balaban J connectivity index is 3.34. The van der Waals surface area contributed by atoms with Gasteiger partial charge in [0.15, 0.2) is 0 Å². The van der Waals surface area contributed by atoms with Crippen LogP contribution in [0.3, 0.4) is 0 Å². The van der Waals surface area contributed by atoms with E-state index in [-0.39, 0.29) is 5.56 Å². The molecule has 0 aromatic heterocycles. The maximum absolute atomic E-state index is 11.5. The van der Waals surface area contributed by atoms with Gasteiger partial charge >= 0.3 is 0 Å². The molecular formula is C13H20ClN3O2. The fourth-order valence-electron chi connectivity index (χ4n) is 1.95. The molecule has 0 saturated carbocycles. The van der Waals surface area contributed by atoms with E-state index in [0.717, 1.165) is 0 Å². The molecule has 19 heavy (non-hydrogen) atoms. The van der Waals surface area contributed by atoms with E-state index in [1.54, 1.807) is 19.9 Å². The molecule has 5 N–H and O–H groups in total. The second-order valence-electron chi connectivity index (χ2n) is 5.09. The smallest absolute Gasteiger partial charge is 0.250 e. The molecule has 0 spiro atoms. The number of primary amides is 1. The van der Waals surface area contributed by atoms with E-state index in [1.807, 2.05) is 11.8 Å². The van der Waals surface area contributed by atoms with E-state index >= 15 is 0 Å². The van der Waals surface area contributed by atoms with Crippen LogP contribution in [0.4, 0.5) is 11.4 Å². The number of amides is 1. The fourth-order valence-corrected chi connectivity index (χ4v) is 2.29. The molecule has 0 aliphatic rings. The number of carbonyl (C=O) groups is 1. The third-order valence-electron chi connectivity index (χ3n) is 2.63. The first-order chi connectivity index (χ1) is 8.65. The molecule has 0 unspecified atom stereocenters. The molecule has 0 heterocycles. The van der Waals surface area contributed by atoms with Gasteiger partial charge in [-0.25, -0.2) is 0 Å². The average Bonchev–Trinajstić information content (AvgIpc) is 2.24. The molecule has 0 saturated heterocycles. The van der Waals surface area contributed by atoms with Gasteiger partial charge in [-0.1, -0.05) is 11.6 Å². The zero-order valence-corrected chi connectivity index (χ0v) is 12.2. The molecule has 1 amide bonds. The highest BCUT2D eigenvalue weighted by Crippen LogP contribution is 2.33. The van der Waals surface area contributed by atoms with Crippen molar-refractivity contribution in [1.82, 2.24) is 0 Å². The lowest BCUT2D eigenvalue weighted by atomic mass is 10.1. The Morgan fingerprint density at radius 2 is 2.05 bits per heavy atom. The topological polar surface area (TPSA) is 92.6 Å². The highest BCUT2D eigenvalue weighted by molar-refractivity contribution is 6.34. The maximum Gasteiger partial charge on any atom is 0.250 e. The summed E-state index contributed by atoms with van der Waals surface area (Å²) in [4.78, 5) is 13.3. The molecule has 0 aliphatic carbocycles. The molecule has 0 fully saturated rings. The van der Waals surface area contributed by atoms with Gasteiger partial charge in [0.05, 0.1) is 21.9 Å². The van der Waals surface area contributed by atoms with Gasteiger partial charge in [-0.15, -0.1) is 0 Å².